The van der Waals surface area contributed by atoms with Crippen molar-refractivity contribution in [2.75, 3.05) is 43.1 Å². The maximum Gasteiger partial charge on any atom is 0.272 e. The van der Waals surface area contributed by atoms with E-state index in [0.29, 0.717) is 49.0 Å². The molecule has 0 radical (unpaired) electrons. The van der Waals surface area contributed by atoms with Crippen molar-refractivity contribution in [3.8, 4) is 5.88 Å². The van der Waals surface area contributed by atoms with Crippen LogP contribution in [-0.4, -0.2) is 54.3 Å². The summed E-state index contributed by atoms with van der Waals surface area (Å²) in [4.78, 5) is 14.9. The van der Waals surface area contributed by atoms with Gasteiger partial charge < -0.3 is 19.7 Å². The fourth-order valence-electron chi connectivity index (χ4n) is 3.63. The van der Waals surface area contributed by atoms with Crippen LogP contribution in [0.4, 0.5) is 33.5 Å². The second kappa shape index (κ2) is 10.3. The molecule has 3 heterocycles. The van der Waals surface area contributed by atoms with E-state index in [1.54, 1.807) is 13.0 Å². The molecule has 2 aromatic heterocycles. The summed E-state index contributed by atoms with van der Waals surface area (Å²) < 4.78 is 76.8. The average molecular weight is 483 g/mol. The van der Waals surface area contributed by atoms with E-state index in [0.717, 1.165) is 6.07 Å². The second-order valence-electron chi connectivity index (χ2n) is 7.58. The molecular weight excluding hydrogens is 461 g/mol. The fraction of sp³-hybridized carbons (Fsp3) is 0.409. The lowest BCUT2D eigenvalue weighted by atomic mass is 10.1. The molecular formula is C22H22F5N5O2. The highest BCUT2D eigenvalue weighted by atomic mass is 19.3. The van der Waals surface area contributed by atoms with Crippen LogP contribution in [0.25, 0.3) is 11.0 Å². The van der Waals surface area contributed by atoms with E-state index in [2.05, 4.69) is 20.3 Å². The summed E-state index contributed by atoms with van der Waals surface area (Å²) >= 11 is 0. The van der Waals surface area contributed by atoms with E-state index in [1.807, 2.05) is 4.90 Å². The van der Waals surface area contributed by atoms with Crippen LogP contribution < -0.4 is 15.0 Å². The Morgan fingerprint density at radius 3 is 2.59 bits per heavy atom. The van der Waals surface area contributed by atoms with Crippen LogP contribution in [0.15, 0.2) is 24.3 Å². The quantitative estimate of drug-likeness (QED) is 0.473. The molecule has 1 N–H and O–H groups in total. The van der Waals surface area contributed by atoms with E-state index >= 15 is 0 Å². The number of benzene rings is 1. The first-order chi connectivity index (χ1) is 16.3. The van der Waals surface area contributed by atoms with Gasteiger partial charge in [0.2, 0.25) is 5.88 Å². The zero-order valence-electron chi connectivity index (χ0n) is 18.2. The zero-order valence-corrected chi connectivity index (χ0v) is 18.2. The Kier molecular flexibility index (Phi) is 7.25. The predicted octanol–water partition coefficient (Wildman–Crippen LogP) is 4.50. The summed E-state index contributed by atoms with van der Waals surface area (Å²) in [7, 11) is 0. The molecule has 3 aromatic rings. The molecule has 34 heavy (non-hydrogen) atoms. The molecule has 0 bridgehead atoms. The van der Waals surface area contributed by atoms with Gasteiger partial charge in [-0.15, -0.1) is 0 Å². The van der Waals surface area contributed by atoms with Crippen LogP contribution in [0, 0.1) is 12.7 Å². The van der Waals surface area contributed by atoms with Crippen LogP contribution in [0.2, 0.25) is 0 Å². The number of hydrogen-bond acceptors (Lipinski definition) is 7. The van der Waals surface area contributed by atoms with Crippen molar-refractivity contribution in [2.24, 2.45) is 0 Å². The van der Waals surface area contributed by atoms with Gasteiger partial charge in [-0.05, 0) is 13.0 Å². The highest BCUT2D eigenvalue weighted by molar-refractivity contribution is 5.90. The Bertz CT molecular complexity index is 1160. The number of rotatable bonds is 8. The largest absolute Gasteiger partial charge is 0.470 e. The first kappa shape index (κ1) is 23.9. The van der Waals surface area contributed by atoms with Gasteiger partial charge in [-0.1, -0.05) is 18.2 Å². The first-order valence-electron chi connectivity index (χ1n) is 10.6. The molecule has 1 aromatic carbocycles. The number of anilines is 2. The Morgan fingerprint density at radius 2 is 1.88 bits per heavy atom. The Balaban J connectivity index is 1.71. The van der Waals surface area contributed by atoms with Crippen molar-refractivity contribution >= 4 is 22.5 Å². The molecule has 0 unspecified atom stereocenters. The third-order valence-corrected chi connectivity index (χ3v) is 5.23. The van der Waals surface area contributed by atoms with Gasteiger partial charge in [-0.2, -0.15) is 4.98 Å². The number of pyridine rings is 1. The first-order valence-corrected chi connectivity index (χ1v) is 10.6. The monoisotopic (exact) mass is 483 g/mol. The minimum atomic E-state index is -2.94. The molecule has 0 aliphatic carbocycles. The van der Waals surface area contributed by atoms with Crippen molar-refractivity contribution < 1.29 is 31.4 Å². The van der Waals surface area contributed by atoms with Gasteiger partial charge in [-0.3, -0.25) is 0 Å². The number of aryl methyl sites for hydroxylation is 1. The van der Waals surface area contributed by atoms with E-state index in [4.69, 9.17) is 9.47 Å². The number of morpholine rings is 1. The van der Waals surface area contributed by atoms with Crippen LogP contribution in [0.3, 0.4) is 0 Å². The summed E-state index contributed by atoms with van der Waals surface area (Å²) in [5.74, 6) is -0.362. The van der Waals surface area contributed by atoms with Crippen molar-refractivity contribution in [3.05, 3.63) is 47.0 Å². The van der Waals surface area contributed by atoms with Gasteiger partial charge in [0.05, 0.1) is 24.2 Å². The third-order valence-electron chi connectivity index (χ3n) is 5.23. The summed E-state index contributed by atoms with van der Waals surface area (Å²) in [6.45, 7) is 2.56. The van der Waals surface area contributed by atoms with Gasteiger partial charge >= 0.3 is 0 Å². The highest BCUT2D eigenvalue weighted by Gasteiger charge is 2.22. The lowest BCUT2D eigenvalue weighted by Crippen LogP contribution is -2.36. The van der Waals surface area contributed by atoms with Crippen molar-refractivity contribution in [1.29, 1.82) is 0 Å². The Labute approximate surface area is 191 Å². The molecule has 0 atom stereocenters. The van der Waals surface area contributed by atoms with E-state index in [-0.39, 0.29) is 23.6 Å². The van der Waals surface area contributed by atoms with Gasteiger partial charge in [0.25, 0.3) is 12.9 Å². The molecule has 0 amide bonds. The lowest BCUT2D eigenvalue weighted by Gasteiger charge is -2.30. The third kappa shape index (κ3) is 5.27. The number of nitrogens with zero attached hydrogens (tertiary/aromatic N) is 4. The second-order valence-corrected chi connectivity index (χ2v) is 7.58. The van der Waals surface area contributed by atoms with Crippen LogP contribution >= 0.6 is 0 Å². The summed E-state index contributed by atoms with van der Waals surface area (Å²) in [5.41, 5.74) is 0.0245. The Morgan fingerprint density at radius 1 is 1.12 bits per heavy atom. The highest BCUT2D eigenvalue weighted by Crippen LogP contribution is 2.33. The van der Waals surface area contributed by atoms with Gasteiger partial charge in [0, 0.05) is 25.2 Å². The van der Waals surface area contributed by atoms with Gasteiger partial charge in [0.1, 0.15) is 23.1 Å². The smallest absolute Gasteiger partial charge is 0.272 e. The number of alkyl halides is 4. The predicted molar refractivity (Wildman–Crippen MR) is 115 cm³/mol. The fourth-order valence-corrected chi connectivity index (χ4v) is 3.63. The minimum Gasteiger partial charge on any atom is -0.470 e. The van der Waals surface area contributed by atoms with Gasteiger partial charge in [-0.25, -0.2) is 31.9 Å². The molecule has 182 valence electrons. The topological polar surface area (TPSA) is 72.4 Å². The van der Waals surface area contributed by atoms with Gasteiger partial charge in [0.15, 0.2) is 12.3 Å². The summed E-state index contributed by atoms with van der Waals surface area (Å²) in [6.07, 6.45) is -5.62. The van der Waals surface area contributed by atoms with Crippen molar-refractivity contribution in [1.82, 2.24) is 15.0 Å². The number of halogens is 5. The molecule has 1 aliphatic heterocycles. The Hall–Kier alpha value is -3.28. The van der Waals surface area contributed by atoms with Crippen LogP contribution in [-0.2, 0) is 11.3 Å². The van der Waals surface area contributed by atoms with Crippen molar-refractivity contribution in [2.45, 2.75) is 26.3 Å². The minimum absolute atomic E-state index is 0.00873. The number of aromatic nitrogens is 3. The average Bonchev–Trinajstić information content (AvgIpc) is 2.81. The molecule has 0 spiro atoms. The molecule has 0 saturated carbocycles. The number of hydrogen-bond donors (Lipinski definition) is 1. The van der Waals surface area contributed by atoms with Crippen LogP contribution in [0.1, 0.15) is 23.4 Å². The normalized spacial score (nSPS) is 14.3. The molecule has 1 fully saturated rings. The lowest BCUT2D eigenvalue weighted by molar-refractivity contribution is 0.0794. The zero-order chi connectivity index (χ0) is 24.2. The number of fused-ring (bicyclic) bond motifs is 1. The van der Waals surface area contributed by atoms with Crippen LogP contribution in [0.5, 0.6) is 5.88 Å². The number of ether oxygens (including phenoxy) is 2. The maximum absolute atomic E-state index is 14.5. The molecule has 12 heteroatoms. The molecule has 4 rings (SSSR count). The molecule has 7 nitrogen and oxygen atoms in total. The van der Waals surface area contributed by atoms with E-state index in [1.165, 1.54) is 12.1 Å². The number of nitrogens with one attached hydrogen (secondary N) is 1. The maximum atomic E-state index is 14.5. The van der Waals surface area contributed by atoms with E-state index in [9.17, 15) is 22.0 Å². The standard InChI is InChI=1S/C22H22F5N5O2/c1-12-29-20(28-10-13-3-2-4-14(18(13)25)19(26)27)15-9-16(32-5-7-33-8-6-32)22(31-21(15)30-12)34-11-17(23)24/h2-4,9,17,19H,5-8,10-11H2,1H3,(H,28,29,30,31). The van der Waals surface area contributed by atoms with Crippen molar-refractivity contribution in [3.63, 3.8) is 0 Å². The SMILES string of the molecule is Cc1nc(NCc2cccc(C(F)F)c2F)c2cc(N3CCOCC3)c(OCC(F)F)nc2n1. The molecule has 1 aliphatic rings. The molecule has 1 saturated heterocycles. The summed E-state index contributed by atoms with van der Waals surface area (Å²) in [5, 5.41) is 3.42. The van der Waals surface area contributed by atoms with E-state index < -0.39 is 30.8 Å². The summed E-state index contributed by atoms with van der Waals surface area (Å²) in [6, 6.07) is 5.46.